The Kier molecular flexibility index (Phi) is 5.22. The molecule has 0 bridgehead atoms. The molecular formula is C14H16BrClFN3O. The molecule has 0 saturated heterocycles. The van der Waals surface area contributed by atoms with E-state index in [4.69, 9.17) is 11.6 Å². The summed E-state index contributed by atoms with van der Waals surface area (Å²) in [4.78, 5) is 18.3. The van der Waals surface area contributed by atoms with Crippen molar-refractivity contribution < 1.29 is 9.18 Å². The summed E-state index contributed by atoms with van der Waals surface area (Å²) in [5.41, 5.74) is 1.19. The Balaban J connectivity index is 2.46. The highest BCUT2D eigenvalue weighted by Gasteiger charge is 2.17. The average molecular weight is 377 g/mol. The zero-order valence-corrected chi connectivity index (χ0v) is 14.2. The molecule has 1 amide bonds. The first-order chi connectivity index (χ1) is 10.0. The van der Waals surface area contributed by atoms with Gasteiger partial charge in [-0.25, -0.2) is 9.37 Å². The standard InChI is InChI=1S/C14H16BrClFN3O/c1-3-19(4-2)14(21)8-20-12-6-10(17)9(15)5-11(12)18-13(20)7-16/h5-6H,3-4,7-8H2,1-2H3. The summed E-state index contributed by atoms with van der Waals surface area (Å²) >= 11 is 9.04. The third-order valence-corrected chi connectivity index (χ3v) is 4.25. The van der Waals surface area contributed by atoms with Crippen LogP contribution in [0.3, 0.4) is 0 Å². The minimum Gasteiger partial charge on any atom is -0.342 e. The number of halogens is 3. The van der Waals surface area contributed by atoms with Crippen LogP contribution >= 0.6 is 27.5 Å². The summed E-state index contributed by atoms with van der Waals surface area (Å²) in [5.74, 6) is 0.304. The number of hydrogen-bond acceptors (Lipinski definition) is 2. The minimum absolute atomic E-state index is 0.0333. The third kappa shape index (κ3) is 3.21. The Morgan fingerprint density at radius 2 is 2.10 bits per heavy atom. The van der Waals surface area contributed by atoms with Crippen LogP contribution in [0.5, 0.6) is 0 Å². The van der Waals surface area contributed by atoms with E-state index >= 15 is 0 Å². The van der Waals surface area contributed by atoms with Crippen molar-refractivity contribution in [1.82, 2.24) is 14.5 Å². The zero-order valence-electron chi connectivity index (χ0n) is 11.9. The van der Waals surface area contributed by atoms with Crippen molar-refractivity contribution in [3.8, 4) is 0 Å². The second-order valence-corrected chi connectivity index (χ2v) is 5.69. The van der Waals surface area contributed by atoms with E-state index < -0.39 is 0 Å². The molecule has 1 aromatic heterocycles. The van der Waals surface area contributed by atoms with Gasteiger partial charge < -0.3 is 9.47 Å². The van der Waals surface area contributed by atoms with Crippen molar-refractivity contribution in [3.63, 3.8) is 0 Å². The van der Waals surface area contributed by atoms with Crippen LogP contribution in [0, 0.1) is 5.82 Å². The molecule has 2 rings (SSSR count). The van der Waals surface area contributed by atoms with Gasteiger partial charge in [-0.2, -0.15) is 0 Å². The van der Waals surface area contributed by atoms with E-state index in [0.717, 1.165) is 0 Å². The van der Waals surface area contributed by atoms with Crippen LogP contribution in [-0.4, -0.2) is 33.4 Å². The highest BCUT2D eigenvalue weighted by Crippen LogP contribution is 2.25. The summed E-state index contributed by atoms with van der Waals surface area (Å²) in [6, 6.07) is 2.97. The molecule has 0 unspecified atom stereocenters. The van der Waals surface area contributed by atoms with Crippen molar-refractivity contribution in [2.45, 2.75) is 26.3 Å². The lowest BCUT2D eigenvalue weighted by atomic mass is 10.3. The fraction of sp³-hybridized carbons (Fsp3) is 0.429. The quantitative estimate of drug-likeness (QED) is 0.749. The van der Waals surface area contributed by atoms with E-state index in [1.807, 2.05) is 13.8 Å². The molecule has 0 atom stereocenters. The van der Waals surface area contributed by atoms with Crippen molar-refractivity contribution >= 4 is 44.5 Å². The Labute approximate surface area is 136 Å². The summed E-state index contributed by atoms with van der Waals surface area (Å²) in [6.45, 7) is 5.23. The van der Waals surface area contributed by atoms with Crippen LogP contribution in [0.2, 0.25) is 0 Å². The van der Waals surface area contributed by atoms with E-state index in [-0.39, 0.29) is 24.1 Å². The molecule has 1 heterocycles. The number of rotatable bonds is 5. The van der Waals surface area contributed by atoms with Gasteiger partial charge in [0.2, 0.25) is 5.91 Å². The molecular weight excluding hydrogens is 361 g/mol. The molecule has 4 nitrogen and oxygen atoms in total. The van der Waals surface area contributed by atoms with Gasteiger partial charge in [-0.05, 0) is 35.8 Å². The number of benzene rings is 1. The molecule has 1 aromatic carbocycles. The van der Waals surface area contributed by atoms with Gasteiger partial charge in [0.15, 0.2) is 0 Å². The van der Waals surface area contributed by atoms with E-state index in [9.17, 15) is 9.18 Å². The predicted molar refractivity (Wildman–Crippen MR) is 84.9 cm³/mol. The fourth-order valence-electron chi connectivity index (χ4n) is 2.26. The summed E-state index contributed by atoms with van der Waals surface area (Å²) in [5, 5.41) is 0. The van der Waals surface area contributed by atoms with Crippen LogP contribution < -0.4 is 0 Å². The van der Waals surface area contributed by atoms with E-state index in [1.165, 1.54) is 6.07 Å². The van der Waals surface area contributed by atoms with Gasteiger partial charge in [0, 0.05) is 19.2 Å². The lowest BCUT2D eigenvalue weighted by molar-refractivity contribution is -0.131. The highest BCUT2D eigenvalue weighted by atomic mass is 79.9. The minimum atomic E-state index is -0.389. The van der Waals surface area contributed by atoms with Crippen LogP contribution in [0.25, 0.3) is 11.0 Å². The number of aromatic nitrogens is 2. The van der Waals surface area contributed by atoms with Gasteiger partial charge in [-0.15, -0.1) is 11.6 Å². The number of nitrogens with zero attached hydrogens (tertiary/aromatic N) is 3. The molecule has 0 radical (unpaired) electrons. The van der Waals surface area contributed by atoms with Crippen molar-refractivity contribution in [2.24, 2.45) is 0 Å². The van der Waals surface area contributed by atoms with Crippen molar-refractivity contribution in [3.05, 3.63) is 28.2 Å². The largest absolute Gasteiger partial charge is 0.342 e. The Bertz CT molecular complexity index is 670. The van der Waals surface area contributed by atoms with Gasteiger partial charge in [-0.3, -0.25) is 4.79 Å². The monoisotopic (exact) mass is 375 g/mol. The average Bonchev–Trinajstić information content (AvgIpc) is 2.78. The predicted octanol–water partition coefficient (Wildman–Crippen LogP) is 3.55. The second-order valence-electron chi connectivity index (χ2n) is 4.57. The zero-order chi connectivity index (χ0) is 15.6. The van der Waals surface area contributed by atoms with E-state index in [1.54, 1.807) is 15.5 Å². The Morgan fingerprint density at radius 1 is 1.43 bits per heavy atom. The first kappa shape index (κ1) is 16.2. The second kappa shape index (κ2) is 6.75. The number of alkyl halides is 1. The first-order valence-corrected chi connectivity index (χ1v) is 8.02. The van der Waals surface area contributed by atoms with Crippen molar-refractivity contribution in [1.29, 1.82) is 0 Å². The van der Waals surface area contributed by atoms with Crippen LogP contribution in [0.4, 0.5) is 4.39 Å². The molecule has 0 aliphatic rings. The van der Waals surface area contributed by atoms with Gasteiger partial charge >= 0.3 is 0 Å². The molecule has 7 heteroatoms. The molecule has 0 aliphatic heterocycles. The van der Waals surface area contributed by atoms with Crippen LogP contribution in [0.15, 0.2) is 16.6 Å². The first-order valence-electron chi connectivity index (χ1n) is 6.69. The summed E-state index contributed by atoms with van der Waals surface area (Å²) in [7, 11) is 0. The normalized spacial score (nSPS) is 11.1. The molecule has 0 fully saturated rings. The molecule has 21 heavy (non-hydrogen) atoms. The fourth-order valence-corrected chi connectivity index (χ4v) is 2.80. The van der Waals surface area contributed by atoms with Crippen LogP contribution in [0.1, 0.15) is 19.7 Å². The Hall–Kier alpha value is -1.14. The Morgan fingerprint density at radius 3 is 2.67 bits per heavy atom. The van der Waals surface area contributed by atoms with Gasteiger partial charge in [0.1, 0.15) is 18.2 Å². The maximum atomic E-state index is 13.8. The molecule has 0 aliphatic carbocycles. The number of carbonyl (C=O) groups is 1. The van der Waals surface area contributed by atoms with E-state index in [0.29, 0.717) is 34.4 Å². The lowest BCUT2D eigenvalue weighted by Crippen LogP contribution is -2.33. The lowest BCUT2D eigenvalue weighted by Gasteiger charge is -2.19. The number of imidazole rings is 1. The SMILES string of the molecule is CCN(CC)C(=O)Cn1c(CCl)nc2cc(Br)c(F)cc21. The maximum Gasteiger partial charge on any atom is 0.242 e. The van der Waals surface area contributed by atoms with Crippen LogP contribution in [-0.2, 0) is 17.2 Å². The molecule has 2 aromatic rings. The molecule has 0 N–H and O–H groups in total. The molecule has 0 spiro atoms. The van der Waals surface area contributed by atoms with Gasteiger partial charge in [-0.1, -0.05) is 0 Å². The number of hydrogen-bond donors (Lipinski definition) is 0. The number of likely N-dealkylation sites (N-methyl/N-ethyl adjacent to an activating group) is 1. The topological polar surface area (TPSA) is 38.1 Å². The maximum absolute atomic E-state index is 13.8. The highest BCUT2D eigenvalue weighted by molar-refractivity contribution is 9.10. The van der Waals surface area contributed by atoms with Gasteiger partial charge in [0.05, 0.1) is 21.4 Å². The van der Waals surface area contributed by atoms with Gasteiger partial charge in [0.25, 0.3) is 0 Å². The number of amides is 1. The molecule has 114 valence electrons. The third-order valence-electron chi connectivity index (χ3n) is 3.40. The van der Waals surface area contributed by atoms with E-state index in [2.05, 4.69) is 20.9 Å². The number of fused-ring (bicyclic) bond motifs is 1. The number of carbonyl (C=O) groups excluding carboxylic acids is 1. The smallest absolute Gasteiger partial charge is 0.242 e. The molecule has 0 saturated carbocycles. The summed E-state index contributed by atoms with van der Waals surface area (Å²) < 4.78 is 15.8. The van der Waals surface area contributed by atoms with Crippen molar-refractivity contribution in [2.75, 3.05) is 13.1 Å². The summed E-state index contributed by atoms with van der Waals surface area (Å²) in [6.07, 6.45) is 0.